The number of aromatic amines is 1. The van der Waals surface area contributed by atoms with Crippen LogP contribution in [0.15, 0.2) is 30.7 Å². The molecule has 1 aliphatic heterocycles. The zero-order valence-electron chi connectivity index (χ0n) is 14.5. The zero-order valence-corrected chi connectivity index (χ0v) is 14.5. The standard InChI is InChI=1S/C17H17F3N6O2/c18-17(19,20)16(28)5-9(7-27)26(8-16)12-2-4-22-14-13(12)10(6-24-14)11-1-3-23-15(21)25-11/h1-4,6,9,27-28H,5,7-8H2,(H,22,24)(H2,21,23,25). The molecule has 3 aromatic heterocycles. The molecule has 5 N–H and O–H groups in total. The molecule has 1 aliphatic rings. The summed E-state index contributed by atoms with van der Waals surface area (Å²) < 4.78 is 40.1. The van der Waals surface area contributed by atoms with Crippen molar-refractivity contribution in [1.29, 1.82) is 0 Å². The number of fused-ring (bicyclic) bond motifs is 1. The van der Waals surface area contributed by atoms with E-state index < -0.39 is 37.4 Å². The van der Waals surface area contributed by atoms with Gasteiger partial charge in [-0.1, -0.05) is 0 Å². The number of pyridine rings is 1. The summed E-state index contributed by atoms with van der Waals surface area (Å²) in [7, 11) is 0. The van der Waals surface area contributed by atoms with Gasteiger partial charge in [0.15, 0.2) is 5.60 Å². The molecule has 28 heavy (non-hydrogen) atoms. The number of nitrogens with zero attached hydrogens (tertiary/aromatic N) is 4. The lowest BCUT2D eigenvalue weighted by Crippen LogP contribution is -2.47. The van der Waals surface area contributed by atoms with E-state index in [-0.39, 0.29) is 5.95 Å². The van der Waals surface area contributed by atoms with Gasteiger partial charge in [-0.15, -0.1) is 0 Å². The predicted molar refractivity (Wildman–Crippen MR) is 95.4 cm³/mol. The van der Waals surface area contributed by atoms with Crippen LogP contribution in [0.2, 0.25) is 0 Å². The number of halogens is 3. The van der Waals surface area contributed by atoms with Gasteiger partial charge in [0.2, 0.25) is 5.95 Å². The Hall–Kier alpha value is -2.92. The Morgan fingerprint density at radius 1 is 1.29 bits per heavy atom. The fraction of sp³-hybridized carbons (Fsp3) is 0.353. The fourth-order valence-corrected chi connectivity index (χ4v) is 3.63. The van der Waals surface area contributed by atoms with Crippen LogP contribution in [-0.2, 0) is 0 Å². The summed E-state index contributed by atoms with van der Waals surface area (Å²) in [6.07, 6.45) is -0.893. The SMILES string of the molecule is Nc1nccc(-c2c[nH]c3nccc(N4CC(O)(C(F)(F)F)CC4CO)c23)n1. The Morgan fingerprint density at radius 3 is 2.71 bits per heavy atom. The third-order valence-corrected chi connectivity index (χ3v) is 5.00. The van der Waals surface area contributed by atoms with E-state index in [0.717, 1.165) is 0 Å². The number of anilines is 2. The topological polar surface area (TPSA) is 124 Å². The number of H-pyrrole nitrogens is 1. The summed E-state index contributed by atoms with van der Waals surface area (Å²) in [5, 5.41) is 20.3. The Morgan fingerprint density at radius 2 is 2.04 bits per heavy atom. The van der Waals surface area contributed by atoms with Crippen LogP contribution in [0.4, 0.5) is 24.8 Å². The largest absolute Gasteiger partial charge is 0.419 e. The van der Waals surface area contributed by atoms with E-state index in [1.807, 2.05) is 0 Å². The van der Waals surface area contributed by atoms with Crippen molar-refractivity contribution in [3.63, 3.8) is 0 Å². The summed E-state index contributed by atoms with van der Waals surface area (Å²) in [6.45, 7) is -1.24. The van der Waals surface area contributed by atoms with Gasteiger partial charge in [0.25, 0.3) is 0 Å². The molecule has 1 saturated heterocycles. The summed E-state index contributed by atoms with van der Waals surface area (Å²) in [4.78, 5) is 16.5. The van der Waals surface area contributed by atoms with E-state index >= 15 is 0 Å². The molecule has 2 atom stereocenters. The molecular weight excluding hydrogens is 377 g/mol. The van der Waals surface area contributed by atoms with Gasteiger partial charge in [0, 0.05) is 30.6 Å². The quantitative estimate of drug-likeness (QED) is 0.530. The Kier molecular flexibility index (Phi) is 4.16. The number of aliphatic hydroxyl groups is 2. The number of aromatic nitrogens is 4. The van der Waals surface area contributed by atoms with Crippen molar-refractivity contribution in [2.45, 2.75) is 24.2 Å². The van der Waals surface area contributed by atoms with Crippen LogP contribution in [0.5, 0.6) is 0 Å². The normalized spacial score (nSPS) is 22.9. The molecular formula is C17H17F3N6O2. The molecule has 0 aliphatic carbocycles. The number of rotatable bonds is 3. The highest BCUT2D eigenvalue weighted by Gasteiger charge is 2.60. The number of nitrogens with one attached hydrogen (secondary N) is 1. The summed E-state index contributed by atoms with van der Waals surface area (Å²) in [5.74, 6) is 0.0538. The van der Waals surface area contributed by atoms with Gasteiger partial charge in [-0.3, -0.25) is 0 Å². The van der Waals surface area contributed by atoms with Crippen LogP contribution < -0.4 is 10.6 Å². The second kappa shape index (κ2) is 6.31. The molecule has 0 spiro atoms. The third kappa shape index (κ3) is 2.83. The average Bonchev–Trinajstić information content (AvgIpc) is 3.23. The third-order valence-electron chi connectivity index (χ3n) is 5.00. The summed E-state index contributed by atoms with van der Waals surface area (Å²) in [5.41, 5.74) is 4.62. The molecule has 1 fully saturated rings. The first-order valence-electron chi connectivity index (χ1n) is 8.45. The highest BCUT2D eigenvalue weighted by Crippen LogP contribution is 2.44. The van der Waals surface area contributed by atoms with E-state index in [0.29, 0.717) is 28.0 Å². The molecule has 2 unspecified atom stereocenters. The molecule has 0 amide bonds. The van der Waals surface area contributed by atoms with Crippen LogP contribution in [0, 0.1) is 0 Å². The van der Waals surface area contributed by atoms with Crippen molar-refractivity contribution < 1.29 is 23.4 Å². The Bertz CT molecular complexity index is 1020. The number of alkyl halides is 3. The Labute approximate surface area is 156 Å². The smallest absolute Gasteiger partial charge is 0.394 e. The lowest BCUT2D eigenvalue weighted by molar-refractivity contribution is -0.251. The van der Waals surface area contributed by atoms with Gasteiger partial charge in [-0.25, -0.2) is 15.0 Å². The molecule has 8 nitrogen and oxygen atoms in total. The average molecular weight is 394 g/mol. The van der Waals surface area contributed by atoms with Crippen molar-refractivity contribution in [3.05, 3.63) is 30.7 Å². The van der Waals surface area contributed by atoms with Crippen LogP contribution in [-0.4, -0.2) is 61.1 Å². The number of hydrogen-bond donors (Lipinski definition) is 4. The second-order valence-corrected chi connectivity index (χ2v) is 6.75. The number of nitrogens with two attached hydrogens (primary N) is 1. The van der Waals surface area contributed by atoms with Gasteiger partial charge in [0.1, 0.15) is 5.65 Å². The monoisotopic (exact) mass is 394 g/mol. The van der Waals surface area contributed by atoms with Crippen LogP contribution in [0.25, 0.3) is 22.3 Å². The van der Waals surface area contributed by atoms with Gasteiger partial charge in [0.05, 0.1) is 36.0 Å². The first-order chi connectivity index (χ1) is 13.2. The molecule has 3 aromatic rings. The van der Waals surface area contributed by atoms with Crippen molar-refractivity contribution in [3.8, 4) is 11.3 Å². The maximum absolute atomic E-state index is 13.4. The van der Waals surface area contributed by atoms with Crippen LogP contribution in [0.1, 0.15) is 6.42 Å². The molecule has 11 heteroatoms. The molecule has 4 heterocycles. The lowest BCUT2D eigenvalue weighted by Gasteiger charge is -2.28. The molecule has 0 bridgehead atoms. The fourth-order valence-electron chi connectivity index (χ4n) is 3.63. The van der Waals surface area contributed by atoms with Crippen molar-refractivity contribution in [2.75, 3.05) is 23.8 Å². The van der Waals surface area contributed by atoms with E-state index in [1.165, 1.54) is 17.3 Å². The van der Waals surface area contributed by atoms with E-state index in [2.05, 4.69) is 19.9 Å². The molecule has 4 rings (SSSR count). The predicted octanol–water partition coefficient (Wildman–Crippen LogP) is 1.47. The lowest BCUT2D eigenvalue weighted by atomic mass is 10.0. The highest BCUT2D eigenvalue weighted by molar-refractivity contribution is 6.02. The first-order valence-corrected chi connectivity index (χ1v) is 8.45. The van der Waals surface area contributed by atoms with Gasteiger partial charge in [-0.05, 0) is 12.1 Å². The van der Waals surface area contributed by atoms with Gasteiger partial charge >= 0.3 is 6.18 Å². The zero-order chi connectivity index (χ0) is 20.1. The maximum Gasteiger partial charge on any atom is 0.419 e. The minimum atomic E-state index is -4.82. The Balaban J connectivity index is 1.86. The first kappa shape index (κ1) is 18.4. The molecule has 0 radical (unpaired) electrons. The molecule has 0 saturated carbocycles. The van der Waals surface area contributed by atoms with Crippen molar-refractivity contribution in [2.24, 2.45) is 0 Å². The number of β-amino-alcohol motifs (C(OH)–C–C–N with tert-alkyl or cyclic N) is 1. The minimum Gasteiger partial charge on any atom is -0.394 e. The van der Waals surface area contributed by atoms with E-state index in [1.54, 1.807) is 18.3 Å². The highest BCUT2D eigenvalue weighted by atomic mass is 19.4. The molecule has 148 valence electrons. The van der Waals surface area contributed by atoms with Crippen LogP contribution in [0.3, 0.4) is 0 Å². The van der Waals surface area contributed by atoms with Gasteiger partial charge < -0.3 is 25.8 Å². The number of hydrogen-bond acceptors (Lipinski definition) is 7. The molecule has 0 aromatic carbocycles. The second-order valence-electron chi connectivity index (χ2n) is 6.75. The van der Waals surface area contributed by atoms with E-state index in [9.17, 15) is 23.4 Å². The van der Waals surface area contributed by atoms with Gasteiger partial charge in [-0.2, -0.15) is 13.2 Å². The summed E-state index contributed by atoms with van der Waals surface area (Å²) in [6, 6.07) is 2.26. The number of nitrogen functional groups attached to an aromatic ring is 1. The number of aliphatic hydroxyl groups excluding tert-OH is 1. The minimum absolute atomic E-state index is 0.0538. The van der Waals surface area contributed by atoms with Crippen LogP contribution >= 0.6 is 0 Å². The van der Waals surface area contributed by atoms with Crippen molar-refractivity contribution >= 4 is 22.7 Å². The van der Waals surface area contributed by atoms with Crippen molar-refractivity contribution in [1.82, 2.24) is 19.9 Å². The summed E-state index contributed by atoms with van der Waals surface area (Å²) >= 11 is 0. The van der Waals surface area contributed by atoms with E-state index in [4.69, 9.17) is 5.73 Å². The maximum atomic E-state index is 13.4.